The van der Waals surface area contributed by atoms with Crippen molar-refractivity contribution in [1.29, 1.82) is 5.26 Å². The molecule has 0 radical (unpaired) electrons. The minimum atomic E-state index is -3.60. The number of anilines is 1. The Morgan fingerprint density at radius 2 is 1.73 bits per heavy atom. The molecule has 3 rings (SSSR count). The summed E-state index contributed by atoms with van der Waals surface area (Å²) in [4.78, 5) is 2.04. The molecule has 1 saturated heterocycles. The number of methoxy groups -OCH3 is 1. The van der Waals surface area contributed by atoms with Crippen molar-refractivity contribution in [3.05, 3.63) is 53.8 Å². The van der Waals surface area contributed by atoms with Crippen LogP contribution in [0.15, 0.2) is 47.4 Å². The zero-order valence-electron chi connectivity index (χ0n) is 14.2. The SMILES string of the molecule is COc1ccc(S(=O)(=O)N2CCN(c3cccc(F)c3C#N)CC2)cc1. The van der Waals surface area contributed by atoms with Crippen LogP contribution in [0.1, 0.15) is 5.56 Å². The second kappa shape index (κ2) is 7.32. The smallest absolute Gasteiger partial charge is 0.243 e. The van der Waals surface area contributed by atoms with Gasteiger partial charge in [0.2, 0.25) is 10.0 Å². The van der Waals surface area contributed by atoms with Crippen LogP contribution < -0.4 is 9.64 Å². The second-order valence-electron chi connectivity index (χ2n) is 5.81. The maximum Gasteiger partial charge on any atom is 0.243 e. The first-order chi connectivity index (χ1) is 12.5. The lowest BCUT2D eigenvalue weighted by Gasteiger charge is -2.35. The van der Waals surface area contributed by atoms with Crippen molar-refractivity contribution in [1.82, 2.24) is 4.31 Å². The molecule has 6 nitrogen and oxygen atoms in total. The predicted molar refractivity (Wildman–Crippen MR) is 95.1 cm³/mol. The zero-order chi connectivity index (χ0) is 18.7. The number of benzene rings is 2. The highest BCUT2D eigenvalue weighted by Crippen LogP contribution is 2.26. The van der Waals surface area contributed by atoms with Crippen LogP contribution in [0.2, 0.25) is 0 Å². The van der Waals surface area contributed by atoms with Gasteiger partial charge < -0.3 is 9.64 Å². The van der Waals surface area contributed by atoms with Crippen LogP contribution in [-0.4, -0.2) is 46.0 Å². The Bertz CT molecular complexity index is 931. The first-order valence-electron chi connectivity index (χ1n) is 8.05. The van der Waals surface area contributed by atoms with E-state index in [4.69, 9.17) is 10.00 Å². The lowest BCUT2D eigenvalue weighted by atomic mass is 10.1. The molecule has 0 atom stereocenters. The molecule has 2 aromatic carbocycles. The van der Waals surface area contributed by atoms with E-state index in [0.29, 0.717) is 24.5 Å². The van der Waals surface area contributed by atoms with E-state index in [9.17, 15) is 12.8 Å². The van der Waals surface area contributed by atoms with Gasteiger partial charge in [-0.25, -0.2) is 12.8 Å². The fraction of sp³-hybridized carbons (Fsp3) is 0.278. The van der Waals surface area contributed by atoms with Crippen LogP contribution in [0.5, 0.6) is 5.75 Å². The fourth-order valence-corrected chi connectivity index (χ4v) is 4.38. The number of rotatable bonds is 4. The third kappa shape index (κ3) is 3.36. The molecule has 2 aromatic rings. The summed E-state index contributed by atoms with van der Waals surface area (Å²) in [5.41, 5.74) is 0.480. The normalized spacial score (nSPS) is 15.5. The van der Waals surface area contributed by atoms with Crippen molar-refractivity contribution in [3.63, 3.8) is 0 Å². The Kier molecular flexibility index (Phi) is 5.11. The summed E-state index contributed by atoms with van der Waals surface area (Å²) in [5.74, 6) is 0.0159. The molecule has 0 unspecified atom stereocenters. The highest BCUT2D eigenvalue weighted by Gasteiger charge is 2.29. The summed E-state index contributed by atoms with van der Waals surface area (Å²) in [6, 6.07) is 12.6. The van der Waals surface area contributed by atoms with Crippen molar-refractivity contribution in [2.75, 3.05) is 38.2 Å². The highest BCUT2D eigenvalue weighted by molar-refractivity contribution is 7.89. The Balaban J connectivity index is 1.76. The van der Waals surface area contributed by atoms with Crippen molar-refractivity contribution < 1.29 is 17.5 Å². The number of sulfonamides is 1. The first kappa shape index (κ1) is 18.2. The summed E-state index contributed by atoms with van der Waals surface area (Å²) in [5, 5.41) is 9.17. The van der Waals surface area contributed by atoms with E-state index < -0.39 is 15.8 Å². The topological polar surface area (TPSA) is 73.6 Å². The van der Waals surface area contributed by atoms with Crippen molar-refractivity contribution in [2.24, 2.45) is 0 Å². The molecule has 0 bridgehead atoms. The number of piperazine rings is 1. The number of nitriles is 1. The summed E-state index contributed by atoms with van der Waals surface area (Å²) in [6.07, 6.45) is 0. The Morgan fingerprint density at radius 1 is 1.08 bits per heavy atom. The molecular weight excluding hydrogens is 357 g/mol. The van der Waals surface area contributed by atoms with E-state index in [1.165, 1.54) is 29.6 Å². The van der Waals surface area contributed by atoms with E-state index >= 15 is 0 Å². The lowest BCUT2D eigenvalue weighted by Crippen LogP contribution is -2.48. The first-order valence-corrected chi connectivity index (χ1v) is 9.49. The minimum Gasteiger partial charge on any atom is -0.497 e. The molecule has 136 valence electrons. The van der Waals surface area contributed by atoms with E-state index in [2.05, 4.69) is 0 Å². The quantitative estimate of drug-likeness (QED) is 0.819. The molecule has 0 spiro atoms. The minimum absolute atomic E-state index is 0.0149. The third-order valence-electron chi connectivity index (χ3n) is 4.38. The van der Waals surface area contributed by atoms with Gasteiger partial charge in [-0.05, 0) is 36.4 Å². The van der Waals surface area contributed by atoms with Gasteiger partial charge in [-0.2, -0.15) is 9.57 Å². The number of nitrogens with zero attached hydrogens (tertiary/aromatic N) is 3. The van der Waals surface area contributed by atoms with Gasteiger partial charge in [0.25, 0.3) is 0 Å². The van der Waals surface area contributed by atoms with Gasteiger partial charge in [0.15, 0.2) is 0 Å². The monoisotopic (exact) mass is 375 g/mol. The van der Waals surface area contributed by atoms with Crippen LogP contribution in [0, 0.1) is 17.1 Å². The second-order valence-corrected chi connectivity index (χ2v) is 7.75. The van der Waals surface area contributed by atoms with Crippen LogP contribution in [0.25, 0.3) is 0 Å². The standard InChI is InChI=1S/C18H18FN3O3S/c1-25-14-5-7-15(8-6-14)26(23,24)22-11-9-21(10-12-22)18-4-2-3-17(19)16(18)13-20/h2-8H,9-12H2,1H3. The van der Waals surface area contributed by atoms with Crippen LogP contribution in [0.4, 0.5) is 10.1 Å². The van der Waals surface area contributed by atoms with Crippen molar-refractivity contribution in [3.8, 4) is 11.8 Å². The molecule has 1 heterocycles. The van der Waals surface area contributed by atoms with Crippen LogP contribution in [-0.2, 0) is 10.0 Å². The average molecular weight is 375 g/mol. The van der Waals surface area contributed by atoms with Gasteiger partial charge in [0.05, 0.1) is 17.7 Å². The molecule has 1 aliphatic heterocycles. The van der Waals surface area contributed by atoms with E-state index in [0.717, 1.165) is 0 Å². The average Bonchev–Trinajstić information content (AvgIpc) is 2.68. The van der Waals surface area contributed by atoms with E-state index in [1.54, 1.807) is 24.3 Å². The molecular formula is C18H18FN3O3S. The van der Waals surface area contributed by atoms with Crippen molar-refractivity contribution >= 4 is 15.7 Å². The summed E-state index contributed by atoms with van der Waals surface area (Å²) in [7, 11) is -2.09. The molecule has 0 N–H and O–H groups in total. The zero-order valence-corrected chi connectivity index (χ0v) is 15.0. The molecule has 1 fully saturated rings. The largest absolute Gasteiger partial charge is 0.497 e. The molecule has 26 heavy (non-hydrogen) atoms. The van der Waals surface area contributed by atoms with Gasteiger partial charge in [0.1, 0.15) is 23.2 Å². The lowest BCUT2D eigenvalue weighted by molar-refractivity contribution is 0.384. The molecule has 1 aliphatic rings. The van der Waals surface area contributed by atoms with E-state index in [1.807, 2.05) is 11.0 Å². The van der Waals surface area contributed by atoms with Crippen molar-refractivity contribution in [2.45, 2.75) is 4.90 Å². The van der Waals surface area contributed by atoms with Gasteiger partial charge in [-0.3, -0.25) is 0 Å². The molecule has 0 amide bonds. The Morgan fingerprint density at radius 3 is 2.31 bits per heavy atom. The Labute approximate surface area is 152 Å². The number of hydrogen-bond acceptors (Lipinski definition) is 5. The van der Waals surface area contributed by atoms with E-state index in [-0.39, 0.29) is 23.5 Å². The number of ether oxygens (including phenoxy) is 1. The van der Waals surface area contributed by atoms with Crippen LogP contribution in [0.3, 0.4) is 0 Å². The molecule has 0 aromatic heterocycles. The highest BCUT2D eigenvalue weighted by atomic mass is 32.2. The van der Waals surface area contributed by atoms with Gasteiger partial charge in [-0.1, -0.05) is 6.07 Å². The maximum atomic E-state index is 13.8. The Hall–Kier alpha value is -2.63. The van der Waals surface area contributed by atoms with Gasteiger partial charge in [-0.15, -0.1) is 0 Å². The molecule has 8 heteroatoms. The number of hydrogen-bond donors (Lipinski definition) is 0. The predicted octanol–water partition coefficient (Wildman–Crippen LogP) is 2.22. The van der Waals surface area contributed by atoms with Crippen LogP contribution >= 0.6 is 0 Å². The number of halogens is 1. The fourth-order valence-electron chi connectivity index (χ4n) is 2.95. The third-order valence-corrected chi connectivity index (χ3v) is 6.29. The van der Waals surface area contributed by atoms with Gasteiger partial charge in [0, 0.05) is 26.2 Å². The molecule has 0 saturated carbocycles. The summed E-state index contributed by atoms with van der Waals surface area (Å²) < 4.78 is 45.8. The van der Waals surface area contributed by atoms with Gasteiger partial charge >= 0.3 is 0 Å². The summed E-state index contributed by atoms with van der Waals surface area (Å²) in [6.45, 7) is 1.28. The molecule has 0 aliphatic carbocycles. The maximum absolute atomic E-state index is 13.8. The summed E-state index contributed by atoms with van der Waals surface area (Å²) >= 11 is 0.